The quantitative estimate of drug-likeness (QED) is 0.253. The van der Waals surface area contributed by atoms with Crippen molar-refractivity contribution >= 4 is 52.2 Å². The molecule has 0 aromatic heterocycles. The summed E-state index contributed by atoms with van der Waals surface area (Å²) in [6.45, 7) is 3.36. The van der Waals surface area contributed by atoms with E-state index in [-0.39, 0.29) is 29.3 Å². The number of rotatable bonds is 9. The normalized spacial score (nSPS) is 17.5. The molecule has 0 spiro atoms. The van der Waals surface area contributed by atoms with Crippen LogP contribution in [-0.2, 0) is 19.1 Å². The van der Waals surface area contributed by atoms with Gasteiger partial charge in [0.2, 0.25) is 0 Å². The number of ether oxygens (including phenoxy) is 3. The average molecular weight is 555 g/mol. The standard InChI is InChI=1S/C28H30N2O6S2/c1-3-35-27(33)25(20-10-6-4-7-11-20)30-26(32)23(38-28(30)37)17-19-12-13-21(22(16-19)34-2)36-18-24(31)29-14-8-5-9-15-29/h4,6-7,10-13,16-17,25H,3,5,8-9,14-15,18H2,1-2H3/b23-17+. The fraction of sp³-hybridized carbons (Fsp3) is 0.357. The Kier molecular flexibility index (Phi) is 9.41. The van der Waals surface area contributed by atoms with Crippen LogP contribution in [0.15, 0.2) is 53.4 Å². The maximum Gasteiger partial charge on any atom is 0.333 e. The van der Waals surface area contributed by atoms with Crippen LogP contribution in [0.4, 0.5) is 0 Å². The molecule has 0 aliphatic carbocycles. The number of hydrogen-bond acceptors (Lipinski definition) is 8. The van der Waals surface area contributed by atoms with E-state index in [0.29, 0.717) is 27.5 Å². The number of thioether (sulfide) groups is 1. The highest BCUT2D eigenvalue weighted by Crippen LogP contribution is 2.39. The van der Waals surface area contributed by atoms with E-state index in [0.717, 1.165) is 44.1 Å². The molecule has 2 saturated heterocycles. The zero-order chi connectivity index (χ0) is 27.1. The number of thiocarbonyl (C=S) groups is 1. The molecule has 1 atom stereocenters. The Morgan fingerprint density at radius 1 is 1.08 bits per heavy atom. The van der Waals surface area contributed by atoms with Crippen LogP contribution in [0.25, 0.3) is 6.08 Å². The molecule has 0 bridgehead atoms. The number of methoxy groups -OCH3 is 1. The van der Waals surface area contributed by atoms with E-state index >= 15 is 0 Å². The van der Waals surface area contributed by atoms with Crippen LogP contribution < -0.4 is 9.47 Å². The van der Waals surface area contributed by atoms with Gasteiger partial charge in [-0.1, -0.05) is 60.4 Å². The molecular formula is C28H30N2O6S2. The van der Waals surface area contributed by atoms with Crippen molar-refractivity contribution in [2.24, 2.45) is 0 Å². The number of amides is 2. The van der Waals surface area contributed by atoms with Crippen LogP contribution >= 0.6 is 24.0 Å². The topological polar surface area (TPSA) is 85.4 Å². The second-order valence-corrected chi connectivity index (χ2v) is 10.4. The van der Waals surface area contributed by atoms with Gasteiger partial charge in [0.05, 0.1) is 18.6 Å². The molecule has 8 nitrogen and oxygen atoms in total. The molecule has 0 N–H and O–H groups in total. The van der Waals surface area contributed by atoms with Crippen LogP contribution in [0.3, 0.4) is 0 Å². The van der Waals surface area contributed by atoms with Crippen molar-refractivity contribution in [3.05, 3.63) is 64.6 Å². The van der Waals surface area contributed by atoms with E-state index in [4.69, 9.17) is 26.4 Å². The number of benzene rings is 2. The van der Waals surface area contributed by atoms with Gasteiger partial charge in [0.25, 0.3) is 11.8 Å². The van der Waals surface area contributed by atoms with E-state index in [1.165, 1.54) is 12.0 Å². The average Bonchev–Trinajstić information content (AvgIpc) is 3.21. The lowest BCUT2D eigenvalue weighted by atomic mass is 10.1. The van der Waals surface area contributed by atoms with Gasteiger partial charge in [-0.25, -0.2) is 4.79 Å². The van der Waals surface area contributed by atoms with E-state index in [1.807, 2.05) is 11.0 Å². The summed E-state index contributed by atoms with van der Waals surface area (Å²) < 4.78 is 16.8. The van der Waals surface area contributed by atoms with Gasteiger partial charge in [0.15, 0.2) is 24.1 Å². The summed E-state index contributed by atoms with van der Waals surface area (Å²) in [6, 6.07) is 13.2. The third-order valence-corrected chi connectivity index (χ3v) is 7.58. The Morgan fingerprint density at radius 2 is 1.82 bits per heavy atom. The van der Waals surface area contributed by atoms with E-state index in [2.05, 4.69) is 0 Å². The Balaban J connectivity index is 1.51. The summed E-state index contributed by atoms with van der Waals surface area (Å²) in [5.74, 6) is -0.0932. The molecule has 4 rings (SSSR count). The fourth-order valence-electron chi connectivity index (χ4n) is 4.37. The van der Waals surface area contributed by atoms with E-state index in [1.54, 1.807) is 55.5 Å². The first-order valence-corrected chi connectivity index (χ1v) is 13.7. The predicted octanol–water partition coefficient (Wildman–Crippen LogP) is 4.59. The summed E-state index contributed by atoms with van der Waals surface area (Å²) in [7, 11) is 1.52. The van der Waals surface area contributed by atoms with E-state index in [9.17, 15) is 14.4 Å². The van der Waals surface area contributed by atoms with Crippen molar-refractivity contribution in [2.75, 3.05) is 33.4 Å². The van der Waals surface area contributed by atoms with Crippen LogP contribution in [0, 0.1) is 0 Å². The monoisotopic (exact) mass is 554 g/mol. The zero-order valence-electron chi connectivity index (χ0n) is 21.4. The lowest BCUT2D eigenvalue weighted by Crippen LogP contribution is -2.38. The molecule has 2 fully saturated rings. The van der Waals surface area contributed by atoms with Crippen LogP contribution in [-0.4, -0.2) is 65.3 Å². The lowest BCUT2D eigenvalue weighted by molar-refractivity contribution is -0.151. The van der Waals surface area contributed by atoms with Crippen molar-refractivity contribution < 1.29 is 28.6 Å². The predicted molar refractivity (Wildman–Crippen MR) is 150 cm³/mol. The highest BCUT2D eigenvalue weighted by Gasteiger charge is 2.42. The van der Waals surface area contributed by atoms with Crippen molar-refractivity contribution in [3.8, 4) is 11.5 Å². The molecule has 0 saturated carbocycles. The SMILES string of the molecule is CCOC(=O)C(c1ccccc1)N1C(=O)/C(=C\c2ccc(OCC(=O)N3CCCCC3)c(OC)c2)SC1=S. The first kappa shape index (κ1) is 27.7. The van der Waals surface area contributed by atoms with Gasteiger partial charge in [-0.15, -0.1) is 0 Å². The highest BCUT2D eigenvalue weighted by atomic mass is 32.2. The number of hydrogen-bond donors (Lipinski definition) is 0. The van der Waals surface area contributed by atoms with Crippen LogP contribution in [0.5, 0.6) is 11.5 Å². The highest BCUT2D eigenvalue weighted by molar-refractivity contribution is 8.26. The number of likely N-dealkylation sites (tertiary alicyclic amines) is 1. The number of carbonyl (C=O) groups is 3. The molecular weight excluding hydrogens is 524 g/mol. The molecule has 2 amide bonds. The van der Waals surface area contributed by atoms with Gasteiger partial charge in [0.1, 0.15) is 4.32 Å². The molecule has 2 aliphatic heterocycles. The smallest absolute Gasteiger partial charge is 0.333 e. The minimum Gasteiger partial charge on any atom is -0.493 e. The lowest BCUT2D eigenvalue weighted by Gasteiger charge is -2.26. The largest absolute Gasteiger partial charge is 0.493 e. The van der Waals surface area contributed by atoms with Gasteiger partial charge in [-0.2, -0.15) is 0 Å². The second-order valence-electron chi connectivity index (χ2n) is 8.76. The minimum atomic E-state index is -0.975. The molecule has 1 unspecified atom stereocenters. The number of nitrogens with zero attached hydrogens (tertiary/aromatic N) is 2. The summed E-state index contributed by atoms with van der Waals surface area (Å²) >= 11 is 6.63. The first-order valence-electron chi connectivity index (χ1n) is 12.5. The minimum absolute atomic E-state index is 0.0472. The maximum atomic E-state index is 13.4. The van der Waals surface area contributed by atoms with E-state index < -0.39 is 12.0 Å². The van der Waals surface area contributed by atoms with Gasteiger partial charge in [-0.05, 0) is 55.5 Å². The Labute approximate surface area is 231 Å². The molecule has 2 heterocycles. The Bertz CT molecular complexity index is 1230. The summed E-state index contributed by atoms with van der Waals surface area (Å²) in [5.41, 5.74) is 1.30. The van der Waals surface area contributed by atoms with Gasteiger partial charge < -0.3 is 19.1 Å². The molecule has 0 radical (unpaired) electrons. The summed E-state index contributed by atoms with van der Waals surface area (Å²) in [4.78, 5) is 42.3. The van der Waals surface area contributed by atoms with Gasteiger partial charge in [-0.3, -0.25) is 14.5 Å². The summed E-state index contributed by atoms with van der Waals surface area (Å²) in [6.07, 6.45) is 4.87. The van der Waals surface area contributed by atoms with Crippen molar-refractivity contribution in [3.63, 3.8) is 0 Å². The zero-order valence-corrected chi connectivity index (χ0v) is 23.0. The molecule has 38 heavy (non-hydrogen) atoms. The third kappa shape index (κ3) is 6.36. The fourth-order valence-corrected chi connectivity index (χ4v) is 5.68. The third-order valence-electron chi connectivity index (χ3n) is 6.25. The van der Waals surface area contributed by atoms with Crippen LogP contribution in [0.1, 0.15) is 43.4 Å². The van der Waals surface area contributed by atoms with Gasteiger partial charge >= 0.3 is 5.97 Å². The summed E-state index contributed by atoms with van der Waals surface area (Å²) in [5, 5.41) is 0. The number of esters is 1. The molecule has 2 aromatic carbocycles. The maximum absolute atomic E-state index is 13.4. The molecule has 2 aromatic rings. The first-order chi connectivity index (χ1) is 18.4. The van der Waals surface area contributed by atoms with Gasteiger partial charge in [0, 0.05) is 13.1 Å². The van der Waals surface area contributed by atoms with Crippen molar-refractivity contribution in [2.45, 2.75) is 32.2 Å². The van der Waals surface area contributed by atoms with Crippen molar-refractivity contribution in [1.82, 2.24) is 9.80 Å². The Morgan fingerprint density at radius 3 is 2.50 bits per heavy atom. The Hall–Kier alpha value is -3.37. The molecule has 10 heteroatoms. The second kappa shape index (κ2) is 12.9. The number of piperidine rings is 1. The molecule has 200 valence electrons. The molecule has 2 aliphatic rings. The van der Waals surface area contributed by atoms with Crippen molar-refractivity contribution in [1.29, 1.82) is 0 Å². The number of carbonyl (C=O) groups excluding carboxylic acids is 3. The van der Waals surface area contributed by atoms with Crippen LogP contribution in [0.2, 0.25) is 0 Å².